The predicted molar refractivity (Wildman–Crippen MR) is 190 cm³/mol. The fraction of sp³-hybridized carbons (Fsp3) is 0.629. The maximum Gasteiger partial charge on any atom is 0.409 e. The third kappa shape index (κ3) is 8.60. The van der Waals surface area contributed by atoms with E-state index >= 15 is 0 Å². The van der Waals surface area contributed by atoms with Gasteiger partial charge in [-0.2, -0.15) is 12.6 Å². The Kier molecular flexibility index (Phi) is 13.0. The van der Waals surface area contributed by atoms with Crippen molar-refractivity contribution in [2.45, 2.75) is 101 Å². The van der Waals surface area contributed by atoms with Gasteiger partial charge < -0.3 is 38.8 Å². The van der Waals surface area contributed by atoms with Crippen molar-refractivity contribution in [1.82, 2.24) is 10.2 Å². The number of aliphatic hydroxyl groups excluding tert-OH is 1. The molecular weight excluding hydrogens is 690 g/mol. The van der Waals surface area contributed by atoms with Crippen LogP contribution in [-0.4, -0.2) is 115 Å². The molecule has 2 saturated heterocycles. The SMILES string of the molecule is COc1cc2cc(c1Cl)N(C)C(=O)CC(OC(=O)C(C)N(C)C(O)CCS)C1(C)OC1C(C)C1CC(O)(NC(=O)O1)C(OC)/C=C/C=C(\C)C2. The summed E-state index contributed by atoms with van der Waals surface area (Å²) < 4.78 is 29.1. The van der Waals surface area contributed by atoms with E-state index < -0.39 is 71.9 Å². The van der Waals surface area contributed by atoms with Gasteiger partial charge in [0.15, 0.2) is 5.72 Å². The van der Waals surface area contributed by atoms with Crippen LogP contribution in [0.25, 0.3) is 0 Å². The molecule has 1 aromatic carbocycles. The molecule has 50 heavy (non-hydrogen) atoms. The number of alkyl carbamates (subject to hydrolysis) is 1. The van der Waals surface area contributed by atoms with Crippen LogP contribution < -0.4 is 15.0 Å². The number of thiol groups is 1. The summed E-state index contributed by atoms with van der Waals surface area (Å²) in [5.41, 5.74) is -0.846. The number of halogens is 1. The molecule has 0 spiro atoms. The third-order valence-corrected chi connectivity index (χ3v) is 10.7. The summed E-state index contributed by atoms with van der Waals surface area (Å²) in [4.78, 5) is 43.3. The number of nitrogens with one attached hydrogen (secondary N) is 1. The predicted octanol–water partition coefficient (Wildman–Crippen LogP) is 3.63. The van der Waals surface area contributed by atoms with E-state index in [9.17, 15) is 24.6 Å². The smallest absolute Gasteiger partial charge is 0.409 e. The Morgan fingerprint density at radius 2 is 2.00 bits per heavy atom. The minimum atomic E-state index is -1.81. The number of nitrogens with zero attached hydrogens (tertiary/aromatic N) is 2. The van der Waals surface area contributed by atoms with Crippen LogP contribution >= 0.6 is 24.2 Å². The molecule has 0 radical (unpaired) electrons. The molecule has 3 aliphatic heterocycles. The maximum atomic E-state index is 14.1. The standard InChI is InChI=1S/C35H50ClN3O10S/c1-19-10-9-11-26(46-8)35(44)18-25(47-33(43)37-35)20(2)31-34(4,49-31)27(48-32(42)21(3)38(5)28(40)12-13-50)17-29(41)39(6)23-15-22(14-19)16-24(45-7)30(23)36/h9-11,15-16,20-21,25-28,31,40,44,50H,12-14,17-18H2,1-8H3,(H,37,43)/b11-9+,19-10+. The van der Waals surface area contributed by atoms with Crippen molar-refractivity contribution in [1.29, 1.82) is 0 Å². The molecule has 9 atom stereocenters. The van der Waals surface area contributed by atoms with E-state index in [1.54, 1.807) is 59.2 Å². The number of rotatable bonds is 8. The molecule has 0 aromatic heterocycles. The highest BCUT2D eigenvalue weighted by Gasteiger charge is 2.64. The summed E-state index contributed by atoms with van der Waals surface area (Å²) >= 11 is 10.9. The van der Waals surface area contributed by atoms with Crippen LogP contribution in [0.15, 0.2) is 35.9 Å². The number of allylic oxidation sites excluding steroid dienone is 3. The molecule has 2 fully saturated rings. The second-order valence-electron chi connectivity index (χ2n) is 13.6. The minimum absolute atomic E-state index is 0.0392. The molecule has 1 aromatic rings. The van der Waals surface area contributed by atoms with Crippen molar-refractivity contribution in [3.05, 3.63) is 46.5 Å². The summed E-state index contributed by atoms with van der Waals surface area (Å²) in [6.07, 6.45) is 0.464. The van der Waals surface area contributed by atoms with E-state index in [0.29, 0.717) is 30.0 Å². The van der Waals surface area contributed by atoms with Gasteiger partial charge in [-0.05, 0) is 64.1 Å². The van der Waals surface area contributed by atoms with Crippen LogP contribution in [0.1, 0.15) is 52.5 Å². The fourth-order valence-electron chi connectivity index (χ4n) is 6.59. The Labute approximate surface area is 304 Å². The molecule has 4 bridgehead atoms. The monoisotopic (exact) mass is 739 g/mol. The number of hydrogen-bond donors (Lipinski definition) is 4. The summed E-state index contributed by atoms with van der Waals surface area (Å²) in [5, 5.41) is 25.0. The van der Waals surface area contributed by atoms with Crippen LogP contribution in [0.5, 0.6) is 5.75 Å². The van der Waals surface area contributed by atoms with Crippen LogP contribution in [-0.2, 0) is 35.0 Å². The zero-order chi connectivity index (χ0) is 37.1. The first kappa shape index (κ1) is 39.9. The van der Waals surface area contributed by atoms with Crippen LogP contribution in [0.2, 0.25) is 5.02 Å². The van der Waals surface area contributed by atoms with Gasteiger partial charge in [0.1, 0.15) is 47.0 Å². The molecule has 2 amide bonds. The van der Waals surface area contributed by atoms with E-state index in [1.807, 2.05) is 13.0 Å². The normalized spacial score (nSPS) is 33.3. The van der Waals surface area contributed by atoms with Crippen LogP contribution in [0.3, 0.4) is 0 Å². The lowest BCUT2D eigenvalue weighted by Gasteiger charge is -2.42. The number of methoxy groups -OCH3 is 2. The van der Waals surface area contributed by atoms with E-state index in [-0.39, 0.29) is 17.9 Å². The Hall–Kier alpha value is -2.85. The molecular formula is C35H50ClN3O10S. The Bertz CT molecular complexity index is 1490. The Balaban J connectivity index is 1.77. The van der Waals surface area contributed by atoms with Gasteiger partial charge >= 0.3 is 12.1 Å². The number of carbonyl (C=O) groups excluding carboxylic acids is 3. The second kappa shape index (κ2) is 16.2. The molecule has 13 nitrogen and oxygen atoms in total. The topological polar surface area (TPSA) is 160 Å². The van der Waals surface area contributed by atoms with Crippen molar-refractivity contribution in [2.24, 2.45) is 5.92 Å². The van der Waals surface area contributed by atoms with Gasteiger partial charge in [-0.15, -0.1) is 0 Å². The summed E-state index contributed by atoms with van der Waals surface area (Å²) in [6, 6.07) is 2.72. The van der Waals surface area contributed by atoms with Gasteiger partial charge in [0, 0.05) is 26.5 Å². The van der Waals surface area contributed by atoms with Gasteiger partial charge in [-0.25, -0.2) is 4.79 Å². The van der Waals surface area contributed by atoms with Gasteiger partial charge in [0.2, 0.25) is 5.91 Å². The first-order valence-electron chi connectivity index (χ1n) is 16.6. The average molecular weight is 740 g/mol. The molecule has 9 unspecified atom stereocenters. The summed E-state index contributed by atoms with van der Waals surface area (Å²) in [7, 11) is 6.11. The van der Waals surface area contributed by atoms with Crippen LogP contribution in [0, 0.1) is 5.92 Å². The number of anilines is 1. The number of likely N-dealkylation sites (N-methyl/N-ethyl adjacent to an activating group) is 1. The molecule has 278 valence electrons. The van der Waals surface area contributed by atoms with Crippen molar-refractivity contribution in [2.75, 3.05) is 39.0 Å². The zero-order valence-corrected chi connectivity index (χ0v) is 31.5. The average Bonchev–Trinajstić information content (AvgIpc) is 3.76. The number of fused-ring (bicyclic) bond motifs is 5. The highest BCUT2D eigenvalue weighted by atomic mass is 35.5. The van der Waals surface area contributed by atoms with Crippen molar-refractivity contribution in [3.63, 3.8) is 0 Å². The largest absolute Gasteiger partial charge is 0.495 e. The number of amides is 2. The third-order valence-electron chi connectivity index (χ3n) is 10.0. The first-order chi connectivity index (χ1) is 23.5. The maximum absolute atomic E-state index is 14.1. The first-order valence-corrected chi connectivity index (χ1v) is 17.6. The zero-order valence-electron chi connectivity index (χ0n) is 29.8. The number of carbonyl (C=O) groups is 3. The fourth-order valence-corrected chi connectivity index (χ4v) is 7.13. The number of benzene rings is 1. The summed E-state index contributed by atoms with van der Waals surface area (Å²) in [5.74, 6) is -0.811. The molecule has 4 rings (SSSR count). The quantitative estimate of drug-likeness (QED) is 0.134. The second-order valence-corrected chi connectivity index (χ2v) is 14.4. The van der Waals surface area contributed by atoms with Gasteiger partial charge in [-0.1, -0.05) is 42.3 Å². The van der Waals surface area contributed by atoms with E-state index in [2.05, 4.69) is 17.9 Å². The van der Waals surface area contributed by atoms with E-state index in [0.717, 1.165) is 11.1 Å². The van der Waals surface area contributed by atoms with E-state index in [4.69, 9.17) is 35.3 Å². The Morgan fingerprint density at radius 1 is 1.30 bits per heavy atom. The molecule has 3 aliphatic rings. The summed E-state index contributed by atoms with van der Waals surface area (Å²) in [6.45, 7) is 7.06. The number of esters is 1. The van der Waals surface area contributed by atoms with Gasteiger partial charge in [0.05, 0.1) is 25.3 Å². The lowest BCUT2D eigenvalue weighted by Crippen LogP contribution is -2.63. The molecule has 15 heteroatoms. The highest BCUT2D eigenvalue weighted by molar-refractivity contribution is 7.80. The number of hydrogen-bond acceptors (Lipinski definition) is 12. The molecule has 3 heterocycles. The van der Waals surface area contributed by atoms with E-state index in [1.165, 1.54) is 24.0 Å². The lowest BCUT2D eigenvalue weighted by molar-refractivity contribution is -0.162. The van der Waals surface area contributed by atoms with Crippen molar-refractivity contribution >= 4 is 47.9 Å². The molecule has 3 N–H and O–H groups in total. The number of ether oxygens (including phenoxy) is 5. The van der Waals surface area contributed by atoms with Gasteiger partial charge in [0.25, 0.3) is 0 Å². The minimum Gasteiger partial charge on any atom is -0.495 e. The highest BCUT2D eigenvalue weighted by Crippen LogP contribution is 2.49. The Morgan fingerprint density at radius 3 is 2.64 bits per heavy atom. The number of aliphatic hydroxyl groups is 2. The number of epoxide rings is 1. The van der Waals surface area contributed by atoms with Crippen molar-refractivity contribution < 1.29 is 48.3 Å². The molecule has 0 aliphatic carbocycles. The van der Waals surface area contributed by atoms with Crippen LogP contribution in [0.4, 0.5) is 10.5 Å². The van der Waals surface area contributed by atoms with Gasteiger partial charge in [-0.3, -0.25) is 19.8 Å². The van der Waals surface area contributed by atoms with Crippen molar-refractivity contribution in [3.8, 4) is 5.75 Å². The molecule has 0 saturated carbocycles. The lowest BCUT2D eigenvalue weighted by atomic mass is 9.83.